The van der Waals surface area contributed by atoms with Crippen LogP contribution >= 0.6 is 46.4 Å². The van der Waals surface area contributed by atoms with Crippen LogP contribution in [0, 0.1) is 0 Å². The fourth-order valence-electron chi connectivity index (χ4n) is 13.6. The molecule has 3 saturated heterocycles. The molecule has 0 radical (unpaired) electrons. The van der Waals surface area contributed by atoms with Crippen LogP contribution in [-0.4, -0.2) is 166 Å². The Morgan fingerprint density at radius 1 is 0.495 bits per heavy atom. The van der Waals surface area contributed by atoms with Crippen molar-refractivity contribution in [1.29, 1.82) is 0 Å². The molecule has 3 fully saturated rings. The number of rotatable bonds is 17. The molecule has 4 amide bonds. The molecule has 0 aliphatic carbocycles. The second-order valence-electron chi connectivity index (χ2n) is 24.7. The predicted octanol–water partition coefficient (Wildman–Crippen LogP) is 11.3. The number of aliphatic carboxylic acids is 1. The summed E-state index contributed by atoms with van der Waals surface area (Å²) in [6, 6.07) is 21.3. The lowest BCUT2D eigenvalue weighted by Gasteiger charge is -2.35. The summed E-state index contributed by atoms with van der Waals surface area (Å²) in [6.45, 7) is 10.3. The molecular formula is C73H80Cl4N8O16. The summed E-state index contributed by atoms with van der Waals surface area (Å²) in [5, 5.41) is 13.4. The number of allylic oxidation sites excluding steroid dienone is 4. The highest BCUT2D eigenvalue weighted by molar-refractivity contribution is 6.31. The maximum atomic E-state index is 13.4. The van der Waals surface area contributed by atoms with E-state index in [-0.39, 0.29) is 95.3 Å². The van der Waals surface area contributed by atoms with Crippen LogP contribution < -0.4 is 10.1 Å². The van der Waals surface area contributed by atoms with E-state index in [0.29, 0.717) is 112 Å². The number of hydrogen-bond donors (Lipinski definition) is 2. The van der Waals surface area contributed by atoms with Gasteiger partial charge in [0.15, 0.2) is 0 Å². The molecule has 11 heterocycles. The molecule has 7 aliphatic rings. The maximum absolute atomic E-state index is 13.4. The molecule has 7 atom stereocenters. The molecule has 2 N–H and O–H groups in total. The van der Waals surface area contributed by atoms with Gasteiger partial charge in [-0.3, -0.25) is 19.2 Å². The van der Waals surface area contributed by atoms with Crippen LogP contribution in [-0.2, 0) is 73.4 Å². The van der Waals surface area contributed by atoms with E-state index < -0.39 is 47.5 Å². The van der Waals surface area contributed by atoms with Crippen LogP contribution in [0.25, 0.3) is 0 Å². The van der Waals surface area contributed by atoms with E-state index in [0.717, 1.165) is 44.1 Å². The Hall–Kier alpha value is -8.62. The number of pyridine rings is 4. The summed E-state index contributed by atoms with van der Waals surface area (Å²) < 4.78 is 37.8. The van der Waals surface area contributed by atoms with Gasteiger partial charge in [0.2, 0.25) is 23.6 Å². The average Bonchev–Trinajstić information content (AvgIpc) is 1.24. The number of aromatic nitrogens is 4. The highest BCUT2D eigenvalue weighted by Gasteiger charge is 2.43. The monoisotopic (exact) mass is 1460 g/mol. The maximum Gasteiger partial charge on any atom is 0.336 e. The quantitative estimate of drug-likeness (QED) is 0.0496. The normalized spacial score (nSPS) is 22.2. The number of ether oxygens (including phenoxy) is 7. The van der Waals surface area contributed by atoms with E-state index in [2.05, 4.69) is 25.3 Å². The molecule has 0 unspecified atom stereocenters. The summed E-state index contributed by atoms with van der Waals surface area (Å²) in [5.74, 6) is -4.22. The molecule has 5 aromatic rings. The van der Waals surface area contributed by atoms with E-state index in [1.54, 1.807) is 117 Å². The van der Waals surface area contributed by atoms with Crippen molar-refractivity contribution < 1.29 is 76.6 Å². The molecule has 101 heavy (non-hydrogen) atoms. The molecule has 4 aromatic heterocycles. The lowest BCUT2D eigenvalue weighted by atomic mass is 9.84. The van der Waals surface area contributed by atoms with Gasteiger partial charge in [0, 0.05) is 122 Å². The number of carbonyl (C=O) groups is 8. The number of para-hydroxylation sites is 1. The first-order chi connectivity index (χ1) is 48.5. The predicted molar refractivity (Wildman–Crippen MR) is 372 cm³/mol. The topological polar surface area (TPSA) is 295 Å². The Morgan fingerprint density at radius 3 is 1.21 bits per heavy atom. The second kappa shape index (κ2) is 35.8. The van der Waals surface area contributed by atoms with Gasteiger partial charge in [-0.25, -0.2) is 39.1 Å². The summed E-state index contributed by atoms with van der Waals surface area (Å²) >= 11 is 24.7. The smallest absolute Gasteiger partial charge is 0.336 e. The highest BCUT2D eigenvalue weighted by atomic mass is 35.5. The first kappa shape index (κ1) is 76.6. The number of nitrogens with one attached hydrogen (secondary N) is 1. The van der Waals surface area contributed by atoms with Crippen molar-refractivity contribution in [2.45, 2.75) is 140 Å². The average molecular weight is 1470 g/mol. The van der Waals surface area contributed by atoms with E-state index >= 15 is 0 Å². The molecule has 0 bridgehead atoms. The lowest BCUT2D eigenvalue weighted by molar-refractivity contribution is -0.142. The minimum atomic E-state index is -1.04. The van der Waals surface area contributed by atoms with Gasteiger partial charge in [-0.2, -0.15) is 0 Å². The minimum Gasteiger partial charge on any atom is -0.496 e. The van der Waals surface area contributed by atoms with Crippen molar-refractivity contribution in [2.24, 2.45) is 0 Å². The summed E-state index contributed by atoms with van der Waals surface area (Å²) in [5.41, 5.74) is 6.87. The van der Waals surface area contributed by atoms with Crippen LogP contribution in [0.5, 0.6) is 5.75 Å². The Labute approximate surface area is 605 Å². The molecule has 536 valence electrons. The molecule has 0 saturated carbocycles. The first-order valence-electron chi connectivity index (χ1n) is 33.0. The lowest BCUT2D eigenvalue weighted by Crippen LogP contribution is -2.42. The molecule has 12 rings (SSSR count). The third-order valence-electron chi connectivity index (χ3n) is 18.6. The minimum absolute atomic E-state index is 0.0105. The molecule has 24 nitrogen and oxygen atoms in total. The summed E-state index contributed by atoms with van der Waals surface area (Å²) in [4.78, 5) is 121. The number of carbonyl (C=O) groups excluding carboxylic acids is 7. The van der Waals surface area contributed by atoms with Gasteiger partial charge < -0.3 is 58.3 Å². The first-order valence-corrected chi connectivity index (χ1v) is 34.6. The molecule has 7 aliphatic heterocycles. The van der Waals surface area contributed by atoms with Crippen molar-refractivity contribution in [3.8, 4) is 5.75 Å². The van der Waals surface area contributed by atoms with E-state index in [4.69, 9.17) is 79.6 Å². The zero-order valence-electron chi connectivity index (χ0n) is 57.0. The number of hydrogen-bond acceptors (Lipinski definition) is 19. The van der Waals surface area contributed by atoms with Crippen LogP contribution in [0.1, 0.15) is 143 Å². The number of carboxylic acids is 1. The van der Waals surface area contributed by atoms with Gasteiger partial charge in [0.05, 0.1) is 81.6 Å². The summed E-state index contributed by atoms with van der Waals surface area (Å²) in [6.07, 6.45) is 12.3. The Morgan fingerprint density at radius 2 is 0.851 bits per heavy atom. The zero-order chi connectivity index (χ0) is 72.6. The van der Waals surface area contributed by atoms with Crippen molar-refractivity contribution in [2.75, 3.05) is 60.8 Å². The van der Waals surface area contributed by atoms with Gasteiger partial charge >= 0.3 is 23.9 Å². The Balaban J connectivity index is 0.000000160. The van der Waals surface area contributed by atoms with Gasteiger partial charge in [-0.1, -0.05) is 88.9 Å². The number of carboxylic acid groups (broad SMARTS) is 1. The number of esters is 3. The Bertz CT molecular complexity index is 4050. The molecule has 1 aromatic carbocycles. The van der Waals surface area contributed by atoms with E-state index in [1.807, 2.05) is 24.3 Å². The van der Waals surface area contributed by atoms with Crippen LogP contribution in [0.2, 0.25) is 20.6 Å². The van der Waals surface area contributed by atoms with Gasteiger partial charge in [-0.05, 0) is 119 Å². The number of benzene rings is 1. The van der Waals surface area contributed by atoms with Gasteiger partial charge in [-0.15, -0.1) is 0 Å². The number of nitrogens with zero attached hydrogens (tertiary/aromatic N) is 7. The zero-order valence-corrected chi connectivity index (χ0v) is 60.0. The molecule has 28 heteroatoms. The molecule has 0 spiro atoms. The van der Waals surface area contributed by atoms with Crippen LogP contribution in [0.4, 0.5) is 0 Å². The highest BCUT2D eigenvalue weighted by Crippen LogP contribution is 2.44. The standard InChI is InChI=1S/C25H27ClN2O5.C18H21ClN2O4.C17H19ClN2O4.C13H13ClN2O3/c1-16-23(25(30)33-15-17-7-3-4-10-21(17)31-2)20(19-9-5-11-27-24(19)26)13-22(29)28(16)14-18-8-6-12-32-18;1-11-16(18(23)24-2)14(13-6-3-7-20-17(13)19)9-15(22)21(11)10-12-5-4-8-25-12;1-10-15(17(22)23)13(12-5-2-6-19-16(12)18)8-14(21)20(10)9-11-4-3-7-24-11;1-7-11(13(18)19-2)9(6-10(17)16-7)8-4-3-5-15-12(8)14/h3-5,7,9-11,18,20H,6,8,12-15H2,1-2H3;3,6-7,12,14H,4-5,8-10H2,1-2H3;2,5-6,11,13H,3-4,7-9H2,1H3,(H,22,23);3-5,9H,6H2,1-2H3,(H,16,17)/t18-,20+;12-,14+;11-,13+;9-/m1110/s1. The fourth-order valence-corrected chi connectivity index (χ4v) is 14.6. The van der Waals surface area contributed by atoms with Crippen molar-refractivity contribution >= 4 is 93.9 Å². The number of amides is 4. The fraction of sp³-hybridized carbons (Fsp3) is 0.425. The van der Waals surface area contributed by atoms with E-state index in [1.165, 1.54) is 20.4 Å². The molecular weight excluding hydrogens is 1390 g/mol. The third kappa shape index (κ3) is 18.5. The van der Waals surface area contributed by atoms with Crippen molar-refractivity contribution in [1.82, 2.24) is 40.0 Å². The number of halogens is 4. The van der Waals surface area contributed by atoms with Gasteiger partial charge in [0.1, 0.15) is 33.0 Å². The van der Waals surface area contributed by atoms with Gasteiger partial charge in [0.25, 0.3) is 0 Å². The number of methoxy groups -OCH3 is 3. The van der Waals surface area contributed by atoms with Crippen molar-refractivity contribution in [3.63, 3.8) is 0 Å². The third-order valence-corrected chi connectivity index (χ3v) is 19.9. The SMILES string of the molecule is CC1=C(C(=O)O)[C@H](c2cccnc2Cl)CC(=O)N1C[C@H]1CCCO1.COC(=O)C1=C(C)N(C[C@H]2CCCO2)C(=O)C[C@H]1c1cccnc1Cl.COC(=O)C1=C(C)NC(=O)C[C@H]1c1cccnc1Cl.COc1ccccc1COC(=O)C1=C(C)N(C[C@H]2CCCO2)C(=O)C[C@H]1c1cccnc1Cl. The van der Waals surface area contributed by atoms with Crippen LogP contribution in [0.3, 0.4) is 0 Å². The van der Waals surface area contributed by atoms with Crippen molar-refractivity contribution in [3.05, 3.63) is 191 Å². The largest absolute Gasteiger partial charge is 0.496 e. The van der Waals surface area contributed by atoms with E-state index in [9.17, 15) is 43.5 Å². The summed E-state index contributed by atoms with van der Waals surface area (Å²) in [7, 11) is 4.22. The Kier molecular flexibility index (Phi) is 27.1. The second-order valence-corrected chi connectivity index (χ2v) is 26.2. The van der Waals surface area contributed by atoms with Crippen LogP contribution in [0.15, 0.2) is 143 Å².